The van der Waals surface area contributed by atoms with Crippen molar-refractivity contribution in [2.45, 2.75) is 6.92 Å². The summed E-state index contributed by atoms with van der Waals surface area (Å²) in [5.41, 5.74) is 3.08. The molecule has 0 spiro atoms. The Morgan fingerprint density at radius 3 is 2.54 bits per heavy atom. The molecule has 120 valence electrons. The van der Waals surface area contributed by atoms with Crippen LogP contribution in [0.4, 0.5) is 0 Å². The van der Waals surface area contributed by atoms with E-state index in [0.29, 0.717) is 5.52 Å². The third-order valence-electron chi connectivity index (χ3n) is 4.41. The van der Waals surface area contributed by atoms with Crippen LogP contribution in [0, 0.1) is 6.92 Å². The number of hydrogen-bond acceptors (Lipinski definition) is 3. The molecule has 0 amide bonds. The number of ether oxygens (including phenoxy) is 1. The van der Waals surface area contributed by atoms with Gasteiger partial charge in [0.05, 0.1) is 18.5 Å². The lowest BCUT2D eigenvalue weighted by molar-refractivity contribution is 0.415. The number of methoxy groups -OCH3 is 1. The Hall–Kier alpha value is -3.08. The number of fused-ring (bicyclic) bond motifs is 3. The van der Waals surface area contributed by atoms with Gasteiger partial charge in [0, 0.05) is 23.3 Å². The average Bonchev–Trinajstić information content (AvgIpc) is 2.92. The third kappa shape index (κ3) is 1.94. The third-order valence-corrected chi connectivity index (χ3v) is 4.41. The zero-order valence-corrected chi connectivity index (χ0v) is 13.8. The second kappa shape index (κ2) is 5.23. The van der Waals surface area contributed by atoms with E-state index in [1.54, 1.807) is 7.11 Å². The fourth-order valence-corrected chi connectivity index (χ4v) is 3.26. The number of para-hydroxylation sites is 1. The minimum Gasteiger partial charge on any atom is -0.497 e. The second-order valence-corrected chi connectivity index (χ2v) is 5.80. The average molecular weight is 319 g/mol. The van der Waals surface area contributed by atoms with E-state index in [9.17, 15) is 4.79 Å². The van der Waals surface area contributed by atoms with E-state index in [-0.39, 0.29) is 5.56 Å². The van der Waals surface area contributed by atoms with Gasteiger partial charge in [0.25, 0.3) is 5.56 Å². The van der Waals surface area contributed by atoms with Gasteiger partial charge in [0.1, 0.15) is 11.3 Å². The molecule has 2 heterocycles. The van der Waals surface area contributed by atoms with Crippen molar-refractivity contribution in [2.75, 3.05) is 7.11 Å². The van der Waals surface area contributed by atoms with Gasteiger partial charge in [-0.15, -0.1) is 0 Å². The quantitative estimate of drug-likeness (QED) is 0.570. The van der Waals surface area contributed by atoms with Crippen LogP contribution in [-0.2, 0) is 7.05 Å². The Balaban J connectivity index is 2.17. The molecule has 0 saturated carbocycles. The number of hydrogen-bond donors (Lipinski definition) is 0. The first-order chi connectivity index (χ1) is 11.6. The van der Waals surface area contributed by atoms with Gasteiger partial charge in [-0.1, -0.05) is 18.2 Å². The molecule has 2 aromatic carbocycles. The predicted octanol–water partition coefficient (Wildman–Crippen LogP) is 3.19. The van der Waals surface area contributed by atoms with Gasteiger partial charge >= 0.3 is 0 Å². The van der Waals surface area contributed by atoms with Crippen LogP contribution < -0.4 is 10.3 Å². The van der Waals surface area contributed by atoms with Gasteiger partial charge in [0.2, 0.25) is 0 Å². The molecule has 24 heavy (non-hydrogen) atoms. The molecule has 4 aromatic rings. The highest BCUT2D eigenvalue weighted by molar-refractivity contribution is 6.09. The highest BCUT2D eigenvalue weighted by atomic mass is 16.5. The Morgan fingerprint density at radius 1 is 1.08 bits per heavy atom. The fourth-order valence-electron chi connectivity index (χ4n) is 3.26. The summed E-state index contributed by atoms with van der Waals surface area (Å²) in [5, 5.41) is 6.40. The lowest BCUT2D eigenvalue weighted by Gasteiger charge is -2.07. The molecule has 2 aromatic heterocycles. The number of aryl methyl sites for hydroxylation is 2. The lowest BCUT2D eigenvalue weighted by atomic mass is 10.1. The Morgan fingerprint density at radius 2 is 1.83 bits per heavy atom. The van der Waals surface area contributed by atoms with Crippen molar-refractivity contribution >= 4 is 21.8 Å². The minimum absolute atomic E-state index is 0.125. The molecular weight excluding hydrogens is 302 g/mol. The van der Waals surface area contributed by atoms with E-state index in [0.717, 1.165) is 33.4 Å². The maximum absolute atomic E-state index is 13.1. The SMILES string of the molecule is COc1ccc2c(c1)c1c(C)nn(-c3ccccc3)c(=O)c1n2C. The highest BCUT2D eigenvalue weighted by Gasteiger charge is 2.17. The van der Waals surface area contributed by atoms with E-state index in [2.05, 4.69) is 5.10 Å². The first-order valence-corrected chi connectivity index (χ1v) is 7.73. The Bertz CT molecular complexity index is 1120. The van der Waals surface area contributed by atoms with E-state index >= 15 is 0 Å². The zero-order valence-electron chi connectivity index (χ0n) is 13.8. The monoisotopic (exact) mass is 319 g/mol. The van der Waals surface area contributed by atoms with Crippen LogP contribution in [0.5, 0.6) is 5.75 Å². The molecule has 0 atom stereocenters. The summed E-state index contributed by atoms with van der Waals surface area (Å²) >= 11 is 0. The lowest BCUT2D eigenvalue weighted by Crippen LogP contribution is -2.23. The first kappa shape index (κ1) is 14.5. The normalized spacial score (nSPS) is 11.3. The molecule has 0 bridgehead atoms. The van der Waals surface area contributed by atoms with Crippen molar-refractivity contribution in [2.24, 2.45) is 7.05 Å². The van der Waals surface area contributed by atoms with Gasteiger partial charge in [0.15, 0.2) is 0 Å². The minimum atomic E-state index is -0.125. The summed E-state index contributed by atoms with van der Waals surface area (Å²) in [6.45, 7) is 1.93. The van der Waals surface area contributed by atoms with E-state index in [1.165, 1.54) is 4.68 Å². The summed E-state index contributed by atoms with van der Waals surface area (Å²) in [5.74, 6) is 0.765. The Labute approximate surface area is 138 Å². The molecule has 0 saturated heterocycles. The second-order valence-electron chi connectivity index (χ2n) is 5.80. The van der Waals surface area contributed by atoms with Crippen LogP contribution in [0.3, 0.4) is 0 Å². The first-order valence-electron chi connectivity index (χ1n) is 7.73. The summed E-state index contributed by atoms with van der Waals surface area (Å²) < 4.78 is 8.73. The van der Waals surface area contributed by atoms with Crippen molar-refractivity contribution in [3.05, 3.63) is 64.6 Å². The van der Waals surface area contributed by atoms with E-state index in [4.69, 9.17) is 4.74 Å². The Kier molecular flexibility index (Phi) is 3.16. The van der Waals surface area contributed by atoms with Gasteiger partial charge < -0.3 is 9.30 Å². The standard InChI is InChI=1S/C19H17N3O2/c1-12-17-15-11-14(24-3)9-10-16(15)21(2)18(17)19(23)22(20-12)13-7-5-4-6-8-13/h4-11H,1-3H3. The molecule has 5 nitrogen and oxygen atoms in total. The number of benzene rings is 2. The predicted molar refractivity (Wildman–Crippen MR) is 95.1 cm³/mol. The molecule has 0 aliphatic carbocycles. The van der Waals surface area contributed by atoms with Gasteiger partial charge in [-0.3, -0.25) is 4.79 Å². The molecule has 4 rings (SSSR count). The molecule has 5 heteroatoms. The number of rotatable bonds is 2. The van der Waals surface area contributed by atoms with Crippen LogP contribution >= 0.6 is 0 Å². The van der Waals surface area contributed by atoms with Crippen molar-refractivity contribution in [3.63, 3.8) is 0 Å². The highest BCUT2D eigenvalue weighted by Crippen LogP contribution is 2.30. The maximum atomic E-state index is 13.1. The van der Waals surface area contributed by atoms with Gasteiger partial charge in [-0.05, 0) is 37.3 Å². The summed E-state index contributed by atoms with van der Waals surface area (Å²) in [7, 11) is 3.55. The van der Waals surface area contributed by atoms with Crippen molar-refractivity contribution < 1.29 is 4.74 Å². The molecule has 0 radical (unpaired) electrons. The van der Waals surface area contributed by atoms with Gasteiger partial charge in [-0.25, -0.2) is 0 Å². The molecular formula is C19H17N3O2. The van der Waals surface area contributed by atoms with Crippen LogP contribution in [-0.4, -0.2) is 21.5 Å². The number of aromatic nitrogens is 3. The van der Waals surface area contributed by atoms with Crippen LogP contribution in [0.1, 0.15) is 5.69 Å². The van der Waals surface area contributed by atoms with Crippen LogP contribution in [0.15, 0.2) is 53.3 Å². The summed E-state index contributed by atoms with van der Waals surface area (Å²) in [6, 6.07) is 15.3. The largest absolute Gasteiger partial charge is 0.497 e. The fraction of sp³-hybridized carbons (Fsp3) is 0.158. The van der Waals surface area contributed by atoms with Crippen LogP contribution in [0.25, 0.3) is 27.5 Å². The summed E-state index contributed by atoms with van der Waals surface area (Å²) in [4.78, 5) is 13.1. The van der Waals surface area contributed by atoms with Crippen molar-refractivity contribution in [3.8, 4) is 11.4 Å². The molecule has 0 N–H and O–H groups in total. The smallest absolute Gasteiger partial charge is 0.296 e. The zero-order chi connectivity index (χ0) is 16.8. The van der Waals surface area contributed by atoms with Crippen molar-refractivity contribution in [1.29, 1.82) is 0 Å². The van der Waals surface area contributed by atoms with Crippen molar-refractivity contribution in [1.82, 2.24) is 14.3 Å². The molecule has 0 aliphatic rings. The maximum Gasteiger partial charge on any atom is 0.296 e. The molecule has 0 unspecified atom stereocenters. The van der Waals surface area contributed by atoms with Gasteiger partial charge in [-0.2, -0.15) is 9.78 Å². The van der Waals surface area contributed by atoms with E-state index in [1.807, 2.05) is 67.1 Å². The number of nitrogens with zero attached hydrogens (tertiary/aromatic N) is 3. The van der Waals surface area contributed by atoms with E-state index < -0.39 is 0 Å². The molecule has 0 aliphatic heterocycles. The summed E-state index contributed by atoms with van der Waals surface area (Å²) in [6.07, 6.45) is 0. The van der Waals surface area contributed by atoms with Crippen LogP contribution in [0.2, 0.25) is 0 Å². The topological polar surface area (TPSA) is 49.1 Å². The molecule has 0 fully saturated rings.